The normalized spacial score (nSPS) is 43.2. The first-order chi connectivity index (χ1) is 6.10. The Hall–Kier alpha value is -0.0800. The van der Waals surface area contributed by atoms with Crippen molar-refractivity contribution in [3.63, 3.8) is 0 Å². The number of hydrogen-bond acceptors (Lipinski definition) is 2. The smallest absolute Gasteiger partial charge is 0.0826 e. The Morgan fingerprint density at radius 2 is 1.77 bits per heavy atom. The van der Waals surface area contributed by atoms with Gasteiger partial charge in [-0.2, -0.15) is 0 Å². The first kappa shape index (κ1) is 9.47. The average Bonchev–Trinajstić information content (AvgIpc) is 2.87. The maximum Gasteiger partial charge on any atom is 0.0826 e. The minimum Gasteiger partial charge on any atom is -0.388 e. The highest BCUT2D eigenvalue weighted by Crippen LogP contribution is 2.50. The molecule has 0 spiro atoms. The fourth-order valence-electron chi connectivity index (χ4n) is 2.66. The maximum absolute atomic E-state index is 10.4. The van der Waals surface area contributed by atoms with E-state index in [0.717, 1.165) is 31.6 Å². The molecule has 0 aliphatic heterocycles. The molecular weight excluding hydrogens is 162 g/mol. The first-order valence-corrected chi connectivity index (χ1v) is 5.61. The van der Waals surface area contributed by atoms with Gasteiger partial charge < -0.3 is 10.8 Å². The second kappa shape index (κ2) is 2.96. The van der Waals surface area contributed by atoms with E-state index in [4.69, 9.17) is 5.73 Å². The monoisotopic (exact) mass is 183 g/mol. The summed E-state index contributed by atoms with van der Waals surface area (Å²) in [5, 5.41) is 10.4. The molecule has 2 saturated carbocycles. The van der Waals surface area contributed by atoms with Gasteiger partial charge in [-0.3, -0.25) is 0 Å². The summed E-state index contributed by atoms with van der Waals surface area (Å²) >= 11 is 0. The van der Waals surface area contributed by atoms with Crippen LogP contribution in [0.2, 0.25) is 0 Å². The molecule has 0 radical (unpaired) electrons. The predicted molar refractivity (Wildman–Crippen MR) is 53.4 cm³/mol. The molecule has 2 aliphatic rings. The average molecular weight is 183 g/mol. The van der Waals surface area contributed by atoms with Gasteiger partial charge in [0.05, 0.1) is 5.60 Å². The third-order valence-corrected chi connectivity index (χ3v) is 4.23. The molecule has 2 rings (SSSR count). The Morgan fingerprint density at radius 1 is 1.23 bits per heavy atom. The lowest BCUT2D eigenvalue weighted by atomic mass is 9.73. The van der Waals surface area contributed by atoms with Crippen molar-refractivity contribution >= 4 is 0 Å². The van der Waals surface area contributed by atoms with Crippen molar-refractivity contribution in [3.05, 3.63) is 0 Å². The minimum atomic E-state index is -0.515. The van der Waals surface area contributed by atoms with Crippen LogP contribution in [0.4, 0.5) is 0 Å². The molecule has 0 aromatic heterocycles. The lowest BCUT2D eigenvalue weighted by Gasteiger charge is -2.40. The summed E-state index contributed by atoms with van der Waals surface area (Å²) in [4.78, 5) is 0. The minimum absolute atomic E-state index is 0.203. The quantitative estimate of drug-likeness (QED) is 0.686. The van der Waals surface area contributed by atoms with E-state index in [1.807, 2.05) is 0 Å². The van der Waals surface area contributed by atoms with Gasteiger partial charge in [0.25, 0.3) is 0 Å². The summed E-state index contributed by atoms with van der Waals surface area (Å²) in [6, 6.07) is 0. The zero-order valence-electron chi connectivity index (χ0n) is 8.55. The van der Waals surface area contributed by atoms with Crippen LogP contribution in [0.3, 0.4) is 0 Å². The number of aliphatic hydroxyl groups is 1. The summed E-state index contributed by atoms with van der Waals surface area (Å²) < 4.78 is 0. The third-order valence-electron chi connectivity index (χ3n) is 4.23. The molecule has 0 saturated heterocycles. The van der Waals surface area contributed by atoms with E-state index in [1.54, 1.807) is 0 Å². The molecule has 2 aliphatic carbocycles. The van der Waals surface area contributed by atoms with E-state index in [2.05, 4.69) is 6.92 Å². The first-order valence-electron chi connectivity index (χ1n) is 5.61. The zero-order chi connectivity index (χ0) is 9.53. The van der Waals surface area contributed by atoms with Gasteiger partial charge in [-0.1, -0.05) is 13.3 Å². The Kier molecular flexibility index (Phi) is 2.16. The molecule has 0 bridgehead atoms. The van der Waals surface area contributed by atoms with Gasteiger partial charge in [0.2, 0.25) is 0 Å². The maximum atomic E-state index is 10.4. The molecular formula is C11H21NO. The van der Waals surface area contributed by atoms with Crippen molar-refractivity contribution in [2.45, 2.75) is 63.0 Å². The highest BCUT2D eigenvalue weighted by Gasteiger charge is 2.56. The van der Waals surface area contributed by atoms with Crippen LogP contribution in [-0.2, 0) is 0 Å². The van der Waals surface area contributed by atoms with Crippen LogP contribution in [0.5, 0.6) is 0 Å². The second-order valence-electron chi connectivity index (χ2n) is 5.04. The number of nitrogens with two attached hydrogens (primary N) is 1. The van der Waals surface area contributed by atoms with Crippen molar-refractivity contribution in [1.29, 1.82) is 0 Å². The summed E-state index contributed by atoms with van der Waals surface area (Å²) in [7, 11) is 0. The fourth-order valence-corrected chi connectivity index (χ4v) is 2.66. The van der Waals surface area contributed by atoms with Crippen molar-refractivity contribution in [1.82, 2.24) is 0 Å². The molecule has 0 aromatic carbocycles. The standard InChI is InChI=1S/C11H21NO/c1-2-9-3-5-11(13,6-4-9)10(12)7-8-10/h9,13H,2-8,12H2,1H3. The molecule has 3 N–H and O–H groups in total. The lowest BCUT2D eigenvalue weighted by molar-refractivity contribution is -0.0403. The Balaban J connectivity index is 1.96. The van der Waals surface area contributed by atoms with Crippen LogP contribution in [0.15, 0.2) is 0 Å². The number of hydrogen-bond donors (Lipinski definition) is 2. The van der Waals surface area contributed by atoms with Crippen molar-refractivity contribution < 1.29 is 5.11 Å². The molecule has 0 amide bonds. The van der Waals surface area contributed by atoms with E-state index < -0.39 is 5.60 Å². The van der Waals surface area contributed by atoms with Gasteiger partial charge in [-0.25, -0.2) is 0 Å². The van der Waals surface area contributed by atoms with E-state index in [1.165, 1.54) is 19.3 Å². The SMILES string of the molecule is CCC1CCC(O)(C2(N)CC2)CC1. The van der Waals surface area contributed by atoms with E-state index >= 15 is 0 Å². The van der Waals surface area contributed by atoms with Gasteiger partial charge in [-0.15, -0.1) is 0 Å². The predicted octanol–water partition coefficient (Wildman–Crippen LogP) is 1.81. The molecule has 0 atom stereocenters. The highest BCUT2D eigenvalue weighted by atomic mass is 16.3. The van der Waals surface area contributed by atoms with Crippen LogP contribution in [0.1, 0.15) is 51.9 Å². The van der Waals surface area contributed by atoms with Crippen molar-refractivity contribution in [3.8, 4) is 0 Å². The van der Waals surface area contributed by atoms with Gasteiger partial charge in [0, 0.05) is 5.54 Å². The molecule has 2 heteroatoms. The van der Waals surface area contributed by atoms with Crippen LogP contribution in [-0.4, -0.2) is 16.2 Å². The molecule has 2 fully saturated rings. The fraction of sp³-hybridized carbons (Fsp3) is 1.00. The third kappa shape index (κ3) is 1.50. The van der Waals surface area contributed by atoms with E-state index in [9.17, 15) is 5.11 Å². The largest absolute Gasteiger partial charge is 0.388 e. The van der Waals surface area contributed by atoms with E-state index in [0.29, 0.717) is 0 Å². The van der Waals surface area contributed by atoms with Gasteiger partial charge in [-0.05, 0) is 44.4 Å². The summed E-state index contributed by atoms with van der Waals surface area (Å²) in [5.41, 5.74) is 5.37. The van der Waals surface area contributed by atoms with Crippen LogP contribution < -0.4 is 5.73 Å². The van der Waals surface area contributed by atoms with Gasteiger partial charge in [0.1, 0.15) is 0 Å². The molecule has 0 heterocycles. The van der Waals surface area contributed by atoms with Gasteiger partial charge >= 0.3 is 0 Å². The second-order valence-corrected chi connectivity index (χ2v) is 5.04. The van der Waals surface area contributed by atoms with Crippen LogP contribution in [0.25, 0.3) is 0 Å². The number of rotatable bonds is 2. The molecule has 2 nitrogen and oxygen atoms in total. The molecule has 76 valence electrons. The van der Waals surface area contributed by atoms with E-state index in [-0.39, 0.29) is 5.54 Å². The molecule has 0 aromatic rings. The summed E-state index contributed by atoms with van der Waals surface area (Å²) in [6.07, 6.45) is 7.52. The van der Waals surface area contributed by atoms with Crippen molar-refractivity contribution in [2.75, 3.05) is 0 Å². The summed E-state index contributed by atoms with van der Waals surface area (Å²) in [6.45, 7) is 2.24. The Bertz CT molecular complexity index is 190. The lowest BCUT2D eigenvalue weighted by Crippen LogP contribution is -2.52. The van der Waals surface area contributed by atoms with Crippen molar-refractivity contribution in [2.24, 2.45) is 11.7 Å². The van der Waals surface area contributed by atoms with Gasteiger partial charge in [0.15, 0.2) is 0 Å². The summed E-state index contributed by atoms with van der Waals surface area (Å²) in [5.74, 6) is 0.836. The molecule has 13 heavy (non-hydrogen) atoms. The topological polar surface area (TPSA) is 46.2 Å². The molecule has 0 unspecified atom stereocenters. The van der Waals surface area contributed by atoms with Crippen LogP contribution >= 0.6 is 0 Å². The zero-order valence-corrected chi connectivity index (χ0v) is 8.55. The Labute approximate surface area is 80.5 Å². The van der Waals surface area contributed by atoms with Crippen LogP contribution in [0, 0.1) is 5.92 Å². The highest BCUT2D eigenvalue weighted by molar-refractivity contribution is 5.14. The Morgan fingerprint density at radius 3 is 2.15 bits per heavy atom.